The van der Waals surface area contributed by atoms with Gasteiger partial charge in [0.05, 0.1) is 11.3 Å². The highest BCUT2D eigenvalue weighted by Gasteiger charge is 2.46. The van der Waals surface area contributed by atoms with Gasteiger partial charge in [0.2, 0.25) is 0 Å². The normalized spacial score (nSPS) is 27.7. The van der Waals surface area contributed by atoms with Crippen molar-refractivity contribution in [1.82, 2.24) is 0 Å². The third-order valence-electron chi connectivity index (χ3n) is 7.16. The van der Waals surface area contributed by atoms with E-state index >= 15 is 0 Å². The molecule has 1 heterocycles. The van der Waals surface area contributed by atoms with Gasteiger partial charge in [-0.3, -0.25) is 9.59 Å². The van der Waals surface area contributed by atoms with Gasteiger partial charge in [-0.05, 0) is 41.7 Å². The molecular weight excluding hydrogens is 334 g/mol. The molecule has 0 bridgehead atoms. The van der Waals surface area contributed by atoms with Gasteiger partial charge in [-0.1, -0.05) is 57.5 Å². The van der Waals surface area contributed by atoms with Crippen LogP contribution in [0.5, 0.6) is 0 Å². The number of fused-ring (bicyclic) bond motifs is 5. The third-order valence-corrected chi connectivity index (χ3v) is 7.16. The summed E-state index contributed by atoms with van der Waals surface area (Å²) in [6, 6.07) is 11.5. The molecule has 0 aromatic heterocycles. The van der Waals surface area contributed by atoms with Gasteiger partial charge in [0.25, 0.3) is 0 Å². The first kappa shape index (κ1) is 16.7. The number of benzene rings is 2. The fourth-order valence-corrected chi connectivity index (χ4v) is 5.66. The third kappa shape index (κ3) is 2.20. The summed E-state index contributed by atoms with van der Waals surface area (Å²) in [6.45, 7) is 6.91. The molecule has 2 aliphatic carbocycles. The van der Waals surface area contributed by atoms with Crippen LogP contribution in [0.3, 0.4) is 0 Å². The predicted molar refractivity (Wildman–Crippen MR) is 107 cm³/mol. The van der Waals surface area contributed by atoms with Crippen molar-refractivity contribution in [3.63, 3.8) is 0 Å². The van der Waals surface area contributed by atoms with Gasteiger partial charge in [0.1, 0.15) is 0 Å². The molecule has 1 saturated carbocycles. The molecule has 2 aromatic carbocycles. The molecule has 3 nitrogen and oxygen atoms in total. The van der Waals surface area contributed by atoms with Crippen LogP contribution in [-0.2, 0) is 5.41 Å². The van der Waals surface area contributed by atoms with Crippen LogP contribution >= 0.6 is 0 Å². The Morgan fingerprint density at radius 1 is 0.926 bits per heavy atom. The Labute approximate surface area is 160 Å². The lowest BCUT2D eigenvalue weighted by Gasteiger charge is -2.50. The van der Waals surface area contributed by atoms with Crippen LogP contribution in [0.1, 0.15) is 77.4 Å². The molecule has 3 atom stereocenters. The molecule has 3 heteroatoms. The maximum atomic E-state index is 13.4. The standard InChI is InChI=1S/C24H25NO2/c1-13-8-10-17-19(12-13)25-21-18(24(17,2)3)11-9-16-20(21)23(27)15-7-5-4-6-14(15)22(16)26/h4-7,9,11,13,17,19,25H,8,10,12H2,1-3H3. The van der Waals surface area contributed by atoms with Gasteiger partial charge in [0, 0.05) is 22.7 Å². The Morgan fingerprint density at radius 2 is 1.63 bits per heavy atom. The van der Waals surface area contributed by atoms with E-state index in [1.165, 1.54) is 18.4 Å². The zero-order chi connectivity index (χ0) is 18.9. The largest absolute Gasteiger partial charge is 0.381 e. The molecule has 1 aliphatic heterocycles. The fourth-order valence-electron chi connectivity index (χ4n) is 5.66. The van der Waals surface area contributed by atoms with E-state index < -0.39 is 0 Å². The van der Waals surface area contributed by atoms with E-state index in [1.807, 2.05) is 18.2 Å². The molecule has 0 saturated heterocycles. The average molecular weight is 359 g/mol. The van der Waals surface area contributed by atoms with Crippen LogP contribution in [0, 0.1) is 11.8 Å². The van der Waals surface area contributed by atoms with Crippen molar-refractivity contribution in [2.45, 2.75) is 51.5 Å². The minimum Gasteiger partial charge on any atom is -0.381 e. The van der Waals surface area contributed by atoms with Crippen molar-refractivity contribution < 1.29 is 9.59 Å². The number of hydrogen-bond acceptors (Lipinski definition) is 3. The first-order valence-electron chi connectivity index (χ1n) is 10.0. The number of rotatable bonds is 0. The van der Waals surface area contributed by atoms with Crippen molar-refractivity contribution in [3.8, 4) is 0 Å². The van der Waals surface area contributed by atoms with Gasteiger partial charge >= 0.3 is 0 Å². The summed E-state index contributed by atoms with van der Waals surface area (Å²) in [6.07, 6.45) is 3.59. The molecule has 2 aromatic rings. The highest BCUT2D eigenvalue weighted by atomic mass is 16.1. The molecule has 0 amide bonds. The minimum atomic E-state index is -0.0401. The summed E-state index contributed by atoms with van der Waals surface area (Å²) in [4.78, 5) is 26.4. The quantitative estimate of drug-likeness (QED) is 0.616. The van der Waals surface area contributed by atoms with Gasteiger partial charge in [0.15, 0.2) is 11.6 Å². The minimum absolute atomic E-state index is 0.0132. The molecule has 27 heavy (non-hydrogen) atoms. The average Bonchev–Trinajstić information content (AvgIpc) is 2.65. The lowest BCUT2D eigenvalue weighted by molar-refractivity contribution is 0.0978. The van der Waals surface area contributed by atoms with Crippen LogP contribution in [0.2, 0.25) is 0 Å². The fraction of sp³-hybridized carbons (Fsp3) is 0.417. The molecule has 3 aliphatic rings. The second-order valence-corrected chi connectivity index (χ2v) is 9.11. The van der Waals surface area contributed by atoms with Crippen LogP contribution in [-0.4, -0.2) is 17.6 Å². The smallest absolute Gasteiger partial charge is 0.196 e. The van der Waals surface area contributed by atoms with E-state index in [9.17, 15) is 9.59 Å². The van der Waals surface area contributed by atoms with E-state index in [0.29, 0.717) is 40.1 Å². The molecule has 3 unspecified atom stereocenters. The SMILES string of the molecule is CC1CCC2C(C1)Nc1c(ccc3c1C(=O)c1ccccc1C3=O)C2(C)C. The van der Waals surface area contributed by atoms with Crippen LogP contribution in [0.25, 0.3) is 0 Å². The Balaban J connectivity index is 1.72. The second-order valence-electron chi connectivity index (χ2n) is 9.11. The van der Waals surface area contributed by atoms with Gasteiger partial charge in [-0.2, -0.15) is 0 Å². The highest BCUT2D eigenvalue weighted by Crippen LogP contribution is 2.51. The summed E-state index contributed by atoms with van der Waals surface area (Å²) in [5.74, 6) is 1.18. The van der Waals surface area contributed by atoms with E-state index in [1.54, 1.807) is 12.1 Å². The van der Waals surface area contributed by atoms with Crippen LogP contribution in [0.4, 0.5) is 5.69 Å². The maximum Gasteiger partial charge on any atom is 0.196 e. The number of anilines is 1. The maximum absolute atomic E-state index is 13.4. The monoisotopic (exact) mass is 359 g/mol. The van der Waals surface area contributed by atoms with Gasteiger partial charge < -0.3 is 5.32 Å². The van der Waals surface area contributed by atoms with Gasteiger partial charge in [-0.25, -0.2) is 0 Å². The lowest BCUT2D eigenvalue weighted by atomic mass is 9.60. The Kier molecular flexibility index (Phi) is 3.43. The Bertz CT molecular complexity index is 988. The molecule has 0 spiro atoms. The molecule has 1 fully saturated rings. The summed E-state index contributed by atoms with van der Waals surface area (Å²) in [5, 5.41) is 3.72. The van der Waals surface area contributed by atoms with Crippen molar-refractivity contribution >= 4 is 17.3 Å². The number of ketones is 2. The molecule has 0 radical (unpaired) electrons. The lowest BCUT2D eigenvalue weighted by Crippen LogP contribution is -2.49. The van der Waals surface area contributed by atoms with Crippen molar-refractivity contribution in [3.05, 3.63) is 64.2 Å². The first-order valence-corrected chi connectivity index (χ1v) is 10.0. The topological polar surface area (TPSA) is 46.2 Å². The van der Waals surface area contributed by atoms with Crippen molar-refractivity contribution in [2.75, 3.05) is 5.32 Å². The molecule has 5 rings (SSSR count). The molecular formula is C24H25NO2. The van der Waals surface area contributed by atoms with Gasteiger partial charge in [-0.15, -0.1) is 0 Å². The Morgan fingerprint density at radius 3 is 2.37 bits per heavy atom. The van der Waals surface area contributed by atoms with E-state index in [-0.39, 0.29) is 17.0 Å². The van der Waals surface area contributed by atoms with Crippen LogP contribution in [0.15, 0.2) is 36.4 Å². The number of nitrogens with one attached hydrogen (secondary N) is 1. The van der Waals surface area contributed by atoms with Crippen molar-refractivity contribution in [2.24, 2.45) is 11.8 Å². The summed E-state index contributed by atoms with van der Waals surface area (Å²) in [5.41, 5.74) is 4.25. The number of carbonyl (C=O) groups excluding carboxylic acids is 2. The molecule has 1 N–H and O–H groups in total. The predicted octanol–water partition coefficient (Wildman–Crippen LogP) is 4.97. The zero-order valence-corrected chi connectivity index (χ0v) is 16.1. The second kappa shape index (κ2) is 5.54. The Hall–Kier alpha value is -2.42. The zero-order valence-electron chi connectivity index (χ0n) is 16.1. The van der Waals surface area contributed by atoms with E-state index in [0.717, 1.165) is 12.1 Å². The molecule has 138 valence electrons. The summed E-state index contributed by atoms with van der Waals surface area (Å²) >= 11 is 0. The first-order chi connectivity index (χ1) is 12.9. The van der Waals surface area contributed by atoms with Crippen molar-refractivity contribution in [1.29, 1.82) is 0 Å². The number of hydrogen-bond donors (Lipinski definition) is 1. The highest BCUT2D eigenvalue weighted by molar-refractivity contribution is 6.30. The summed E-state index contributed by atoms with van der Waals surface area (Å²) < 4.78 is 0. The van der Waals surface area contributed by atoms with E-state index in [4.69, 9.17) is 0 Å². The summed E-state index contributed by atoms with van der Waals surface area (Å²) in [7, 11) is 0. The van der Waals surface area contributed by atoms with E-state index in [2.05, 4.69) is 32.2 Å². The number of carbonyl (C=O) groups is 2. The van der Waals surface area contributed by atoms with Crippen LogP contribution < -0.4 is 5.32 Å².